The Morgan fingerprint density at radius 1 is 1.00 bits per heavy atom. The van der Waals surface area contributed by atoms with Crippen LogP contribution in [0, 0.1) is 0 Å². The zero-order chi connectivity index (χ0) is 19.2. The third-order valence-corrected chi connectivity index (χ3v) is 5.49. The Morgan fingerprint density at radius 2 is 1.56 bits per heavy atom. The zero-order valence-corrected chi connectivity index (χ0v) is 15.6. The van der Waals surface area contributed by atoms with E-state index in [1.165, 1.54) is 35.0 Å². The topological polar surface area (TPSA) is 124 Å². The monoisotopic (exact) mass is 382 g/mol. The Balaban J connectivity index is 3.14. The van der Waals surface area contributed by atoms with Gasteiger partial charge in [-0.05, 0) is 0 Å². The Morgan fingerprint density at radius 3 is 2.00 bits per heavy atom. The number of esters is 3. The van der Waals surface area contributed by atoms with Crippen molar-refractivity contribution in [3.8, 4) is 0 Å². The van der Waals surface area contributed by atoms with Crippen LogP contribution in [0.3, 0.4) is 0 Å². The summed E-state index contributed by atoms with van der Waals surface area (Å²) in [7, 11) is -1.30. The van der Waals surface area contributed by atoms with Gasteiger partial charge < -0.3 is 28.0 Å². The molecule has 1 fully saturated rings. The predicted molar refractivity (Wildman–Crippen MR) is 82.6 cm³/mol. The smallest absolute Gasteiger partial charge is 0.358 e. The molecule has 0 radical (unpaired) electrons. The SMILES string of the molecule is COP(=O)(OC)[C@@H]1C[C@@H](OC(C)=O)[C@H](OC(C)=O)[C@@H](COC(C)=O)O1. The van der Waals surface area contributed by atoms with Gasteiger partial charge in [-0.15, -0.1) is 0 Å². The van der Waals surface area contributed by atoms with Gasteiger partial charge >= 0.3 is 25.5 Å². The fourth-order valence-corrected chi connectivity index (χ4v) is 3.82. The molecule has 0 aromatic carbocycles. The molecule has 1 heterocycles. The number of ether oxygens (including phenoxy) is 4. The normalized spacial score (nSPS) is 26.6. The maximum absolute atomic E-state index is 12.6. The molecule has 0 saturated carbocycles. The Bertz CT molecular complexity index is 540. The molecule has 1 saturated heterocycles. The molecule has 0 unspecified atom stereocenters. The van der Waals surface area contributed by atoms with Gasteiger partial charge in [-0.3, -0.25) is 18.9 Å². The maximum atomic E-state index is 12.6. The van der Waals surface area contributed by atoms with Crippen LogP contribution in [0.15, 0.2) is 0 Å². The summed E-state index contributed by atoms with van der Waals surface area (Å²) in [6, 6.07) is 0. The fourth-order valence-electron chi connectivity index (χ4n) is 2.43. The number of hydrogen-bond acceptors (Lipinski definition) is 10. The molecule has 11 heteroatoms. The first-order valence-corrected chi connectivity index (χ1v) is 9.08. The van der Waals surface area contributed by atoms with Crippen molar-refractivity contribution < 1.29 is 46.9 Å². The van der Waals surface area contributed by atoms with E-state index in [1.807, 2.05) is 0 Å². The van der Waals surface area contributed by atoms with Crippen LogP contribution in [-0.2, 0) is 46.9 Å². The maximum Gasteiger partial charge on any atom is 0.358 e. The fraction of sp³-hybridized carbons (Fsp3) is 0.786. The van der Waals surface area contributed by atoms with E-state index in [0.29, 0.717) is 0 Å². The minimum absolute atomic E-state index is 0.0902. The van der Waals surface area contributed by atoms with Crippen molar-refractivity contribution in [3.05, 3.63) is 0 Å². The summed E-state index contributed by atoms with van der Waals surface area (Å²) in [4.78, 5) is 33.9. The van der Waals surface area contributed by atoms with E-state index < -0.39 is 49.7 Å². The summed E-state index contributed by atoms with van der Waals surface area (Å²) in [5.74, 6) is -2.95. The van der Waals surface area contributed by atoms with E-state index in [4.69, 9.17) is 28.0 Å². The van der Waals surface area contributed by atoms with E-state index in [0.717, 1.165) is 0 Å². The molecular formula is C14H23O10P. The average Bonchev–Trinajstić information content (AvgIpc) is 2.53. The number of carbonyl (C=O) groups excluding carboxylic acids is 3. The number of rotatable bonds is 7. The lowest BCUT2D eigenvalue weighted by Gasteiger charge is -2.41. The molecule has 0 bridgehead atoms. The van der Waals surface area contributed by atoms with Crippen molar-refractivity contribution >= 4 is 25.5 Å². The summed E-state index contributed by atoms with van der Waals surface area (Å²) in [5, 5.41) is 0. The quantitative estimate of drug-likeness (QED) is 0.358. The highest BCUT2D eigenvalue weighted by atomic mass is 31.2. The minimum atomic E-state index is -3.68. The van der Waals surface area contributed by atoms with Gasteiger partial charge in [-0.1, -0.05) is 0 Å². The van der Waals surface area contributed by atoms with Crippen molar-refractivity contribution in [2.75, 3.05) is 20.8 Å². The zero-order valence-electron chi connectivity index (χ0n) is 14.8. The largest absolute Gasteiger partial charge is 0.463 e. The van der Waals surface area contributed by atoms with Gasteiger partial charge in [0.15, 0.2) is 11.9 Å². The molecule has 1 aliphatic heterocycles. The lowest BCUT2D eigenvalue weighted by Crippen LogP contribution is -2.53. The first kappa shape index (κ1) is 21.6. The third-order valence-electron chi connectivity index (χ3n) is 3.43. The van der Waals surface area contributed by atoms with Gasteiger partial charge in [0.1, 0.15) is 18.8 Å². The number of carbonyl (C=O) groups is 3. The molecule has 1 aliphatic rings. The van der Waals surface area contributed by atoms with Crippen LogP contribution >= 0.6 is 7.60 Å². The second-order valence-electron chi connectivity index (χ2n) is 5.29. The van der Waals surface area contributed by atoms with E-state index in [1.54, 1.807) is 0 Å². The van der Waals surface area contributed by atoms with Crippen LogP contribution in [-0.4, -0.2) is 62.9 Å². The minimum Gasteiger partial charge on any atom is -0.463 e. The van der Waals surface area contributed by atoms with Crippen LogP contribution in [0.4, 0.5) is 0 Å². The van der Waals surface area contributed by atoms with Gasteiger partial charge in [0, 0.05) is 41.4 Å². The van der Waals surface area contributed by atoms with Crippen molar-refractivity contribution in [3.63, 3.8) is 0 Å². The molecular weight excluding hydrogens is 359 g/mol. The molecule has 10 nitrogen and oxygen atoms in total. The summed E-state index contributed by atoms with van der Waals surface area (Å²) >= 11 is 0. The first-order chi connectivity index (χ1) is 11.6. The predicted octanol–water partition coefficient (Wildman–Crippen LogP) is 1.01. The van der Waals surface area contributed by atoms with Crippen LogP contribution in [0.5, 0.6) is 0 Å². The molecule has 0 amide bonds. The van der Waals surface area contributed by atoms with Crippen LogP contribution in [0.1, 0.15) is 27.2 Å². The van der Waals surface area contributed by atoms with E-state index in [2.05, 4.69) is 0 Å². The standard InChI is InChI=1S/C14H23O10P/c1-8(15)21-7-12-14(23-10(3)17)11(22-9(2)16)6-13(24-12)25(18,19-4)20-5/h11-14H,6-7H2,1-5H3/t11-,12-,13-,14+/m1/s1. The lowest BCUT2D eigenvalue weighted by atomic mass is 10.0. The molecule has 0 aliphatic carbocycles. The average molecular weight is 382 g/mol. The summed E-state index contributed by atoms with van der Waals surface area (Å²) in [6.45, 7) is 3.26. The third kappa shape index (κ3) is 6.07. The Hall–Kier alpha value is -1.48. The second kappa shape index (κ2) is 9.28. The van der Waals surface area contributed by atoms with Crippen molar-refractivity contribution in [1.29, 1.82) is 0 Å². The highest BCUT2D eigenvalue weighted by molar-refractivity contribution is 7.54. The van der Waals surface area contributed by atoms with Gasteiger partial charge in [0.2, 0.25) is 0 Å². The lowest BCUT2D eigenvalue weighted by molar-refractivity contribution is -0.207. The highest BCUT2D eigenvalue weighted by Crippen LogP contribution is 2.55. The van der Waals surface area contributed by atoms with E-state index in [-0.39, 0.29) is 13.0 Å². The van der Waals surface area contributed by atoms with Gasteiger partial charge in [0.25, 0.3) is 0 Å². The van der Waals surface area contributed by atoms with E-state index in [9.17, 15) is 18.9 Å². The second-order valence-corrected chi connectivity index (χ2v) is 7.68. The van der Waals surface area contributed by atoms with Gasteiger partial charge in [-0.2, -0.15) is 0 Å². The molecule has 1 rings (SSSR count). The summed E-state index contributed by atoms with van der Waals surface area (Å²) in [5.41, 5.74) is 0. The van der Waals surface area contributed by atoms with E-state index >= 15 is 0 Å². The molecule has 0 N–H and O–H groups in total. The summed E-state index contributed by atoms with van der Waals surface area (Å²) in [6.07, 6.45) is -3.12. The molecule has 144 valence electrons. The van der Waals surface area contributed by atoms with Crippen molar-refractivity contribution in [2.45, 2.75) is 51.3 Å². The molecule has 0 spiro atoms. The molecule has 4 atom stereocenters. The van der Waals surface area contributed by atoms with Crippen LogP contribution in [0.25, 0.3) is 0 Å². The van der Waals surface area contributed by atoms with Crippen molar-refractivity contribution in [2.24, 2.45) is 0 Å². The van der Waals surface area contributed by atoms with Crippen LogP contribution < -0.4 is 0 Å². The van der Waals surface area contributed by atoms with Gasteiger partial charge in [0.05, 0.1) is 0 Å². The Kier molecular flexibility index (Phi) is 8.01. The summed E-state index contributed by atoms with van der Waals surface area (Å²) < 4.78 is 43.4. The Labute approximate surface area is 145 Å². The van der Waals surface area contributed by atoms with Gasteiger partial charge in [-0.25, -0.2) is 0 Å². The van der Waals surface area contributed by atoms with Crippen LogP contribution in [0.2, 0.25) is 0 Å². The molecule has 25 heavy (non-hydrogen) atoms. The first-order valence-electron chi connectivity index (χ1n) is 7.47. The molecule has 0 aromatic rings. The van der Waals surface area contributed by atoms with Crippen molar-refractivity contribution in [1.82, 2.24) is 0 Å². The molecule has 0 aromatic heterocycles. The number of hydrogen-bond donors (Lipinski definition) is 0. The highest BCUT2D eigenvalue weighted by Gasteiger charge is 2.50.